The fourth-order valence-corrected chi connectivity index (χ4v) is 5.79. The molecule has 36 heavy (non-hydrogen) atoms. The topological polar surface area (TPSA) is 88.4 Å². The molecule has 10 heteroatoms. The number of amidine groups is 1. The highest BCUT2D eigenvalue weighted by molar-refractivity contribution is 9.11. The van der Waals surface area contributed by atoms with Crippen LogP contribution in [-0.2, 0) is 16.1 Å². The fraction of sp³-hybridized carbons (Fsp3) is 0.115. The first-order valence-corrected chi connectivity index (χ1v) is 13.1. The van der Waals surface area contributed by atoms with Gasteiger partial charge in [0.25, 0.3) is 5.91 Å². The van der Waals surface area contributed by atoms with E-state index in [1.165, 1.54) is 11.8 Å². The Bertz CT molecular complexity index is 1320. The predicted octanol–water partition coefficient (Wildman–Crippen LogP) is 6.49. The lowest BCUT2D eigenvalue weighted by Gasteiger charge is -2.16. The monoisotopic (exact) mass is 630 g/mol. The van der Waals surface area contributed by atoms with Gasteiger partial charge in [-0.2, -0.15) is 0 Å². The number of aliphatic carboxylic acids is 1. The third-order valence-electron chi connectivity index (χ3n) is 5.03. The summed E-state index contributed by atoms with van der Waals surface area (Å²) in [6.45, 7) is -0.111. The van der Waals surface area contributed by atoms with Crippen molar-refractivity contribution in [1.82, 2.24) is 4.90 Å². The molecule has 3 aromatic carbocycles. The summed E-state index contributed by atoms with van der Waals surface area (Å²) >= 11 is 8.14. The number of carboxylic acids is 1. The average Bonchev–Trinajstić information content (AvgIpc) is 3.13. The Labute approximate surface area is 229 Å². The molecule has 1 saturated heterocycles. The van der Waals surface area contributed by atoms with E-state index in [0.29, 0.717) is 31.3 Å². The van der Waals surface area contributed by atoms with Gasteiger partial charge in [0.1, 0.15) is 11.5 Å². The molecule has 0 unspecified atom stereocenters. The summed E-state index contributed by atoms with van der Waals surface area (Å²) in [4.78, 5) is 31.2. The van der Waals surface area contributed by atoms with Gasteiger partial charge in [0, 0.05) is 0 Å². The number of nitrogens with zero attached hydrogens (tertiary/aromatic N) is 2. The zero-order valence-electron chi connectivity index (χ0n) is 19.0. The molecule has 7 nitrogen and oxygen atoms in total. The number of carbonyl (C=O) groups excluding carboxylic acids is 1. The van der Waals surface area contributed by atoms with Crippen LogP contribution < -0.4 is 9.47 Å². The van der Waals surface area contributed by atoms with E-state index in [9.17, 15) is 9.59 Å². The highest BCUT2D eigenvalue weighted by Gasteiger charge is 2.33. The molecular weight excluding hydrogens is 612 g/mol. The van der Waals surface area contributed by atoms with Crippen LogP contribution in [-0.4, -0.2) is 40.8 Å². The molecule has 184 valence electrons. The van der Waals surface area contributed by atoms with Crippen molar-refractivity contribution in [3.63, 3.8) is 0 Å². The molecule has 1 N–H and O–H groups in total. The molecule has 3 aromatic rings. The summed E-state index contributed by atoms with van der Waals surface area (Å²) in [6, 6.07) is 20.6. The molecule has 1 amide bonds. The van der Waals surface area contributed by atoms with Crippen LogP contribution in [0.25, 0.3) is 6.08 Å². The summed E-state index contributed by atoms with van der Waals surface area (Å²) in [6.07, 6.45) is 1.78. The number of hydrogen-bond donors (Lipinski definition) is 1. The van der Waals surface area contributed by atoms with Gasteiger partial charge in [0.2, 0.25) is 0 Å². The zero-order valence-corrected chi connectivity index (χ0v) is 23.0. The van der Waals surface area contributed by atoms with Gasteiger partial charge in [-0.3, -0.25) is 9.69 Å². The number of amides is 1. The van der Waals surface area contributed by atoms with Crippen molar-refractivity contribution in [3.8, 4) is 11.5 Å². The summed E-state index contributed by atoms with van der Waals surface area (Å²) in [5.41, 5.74) is 2.43. The van der Waals surface area contributed by atoms with E-state index in [-0.39, 0.29) is 5.91 Å². The Morgan fingerprint density at radius 2 is 1.75 bits per heavy atom. The second-order valence-electron chi connectivity index (χ2n) is 7.58. The molecule has 0 spiro atoms. The fourth-order valence-electron chi connectivity index (χ4n) is 3.34. The number of rotatable bonds is 8. The largest absolute Gasteiger partial charge is 0.497 e. The standard InChI is InChI=1S/C26H20Br2N2O5S/c1-34-19-9-7-16(8-10-19)14-30-25(33)22(36-26(30)29-18-5-3-2-4-6-18)13-17-11-20(27)24(21(28)12-17)35-15-23(31)32/h2-13H,14-15H2,1H3,(H,31,32)/b22-13+,29-26?. The summed E-state index contributed by atoms with van der Waals surface area (Å²) in [7, 11) is 1.61. The Morgan fingerprint density at radius 3 is 2.36 bits per heavy atom. The second-order valence-corrected chi connectivity index (χ2v) is 10.3. The first-order valence-electron chi connectivity index (χ1n) is 10.7. The summed E-state index contributed by atoms with van der Waals surface area (Å²) in [5, 5.41) is 9.47. The number of ether oxygens (including phenoxy) is 2. The van der Waals surface area contributed by atoms with Gasteiger partial charge in [-0.15, -0.1) is 0 Å². The molecule has 0 aliphatic carbocycles. The normalized spacial score (nSPS) is 15.5. The first-order chi connectivity index (χ1) is 17.3. The predicted molar refractivity (Wildman–Crippen MR) is 148 cm³/mol. The van der Waals surface area contributed by atoms with Gasteiger partial charge >= 0.3 is 5.97 Å². The van der Waals surface area contributed by atoms with Gasteiger partial charge in [-0.1, -0.05) is 30.3 Å². The quantitative estimate of drug-likeness (QED) is 0.286. The van der Waals surface area contributed by atoms with Gasteiger partial charge < -0.3 is 14.6 Å². The number of hydrogen-bond acceptors (Lipinski definition) is 6. The molecule has 1 fully saturated rings. The van der Waals surface area contributed by atoms with Crippen LogP contribution in [0.4, 0.5) is 5.69 Å². The molecular formula is C26H20Br2N2O5S. The van der Waals surface area contributed by atoms with Gasteiger partial charge in [0.15, 0.2) is 11.8 Å². The van der Waals surface area contributed by atoms with E-state index in [1.54, 1.807) is 30.2 Å². The number of aliphatic imine (C=N–C) groups is 1. The van der Waals surface area contributed by atoms with Crippen molar-refractivity contribution in [3.05, 3.63) is 91.7 Å². The van der Waals surface area contributed by atoms with Crippen LogP contribution in [0.3, 0.4) is 0 Å². The van der Waals surface area contributed by atoms with Crippen molar-refractivity contribution >= 4 is 72.4 Å². The Hall–Kier alpha value is -3.08. The Morgan fingerprint density at radius 1 is 1.08 bits per heavy atom. The van der Waals surface area contributed by atoms with E-state index in [0.717, 1.165) is 22.6 Å². The van der Waals surface area contributed by atoms with Crippen molar-refractivity contribution in [2.24, 2.45) is 4.99 Å². The van der Waals surface area contributed by atoms with Crippen LogP contribution in [0.5, 0.6) is 11.5 Å². The molecule has 0 saturated carbocycles. The number of methoxy groups -OCH3 is 1. The van der Waals surface area contributed by atoms with E-state index in [4.69, 9.17) is 19.6 Å². The molecule has 0 atom stereocenters. The maximum atomic E-state index is 13.5. The van der Waals surface area contributed by atoms with Crippen molar-refractivity contribution in [2.75, 3.05) is 13.7 Å². The maximum Gasteiger partial charge on any atom is 0.341 e. The van der Waals surface area contributed by atoms with Crippen LogP contribution in [0, 0.1) is 0 Å². The lowest BCUT2D eigenvalue weighted by molar-refractivity contribution is -0.139. The molecule has 1 heterocycles. The van der Waals surface area contributed by atoms with Crippen LogP contribution >= 0.6 is 43.6 Å². The highest BCUT2D eigenvalue weighted by Crippen LogP contribution is 2.39. The Balaban J connectivity index is 1.65. The van der Waals surface area contributed by atoms with E-state index in [2.05, 4.69) is 31.9 Å². The molecule has 0 bridgehead atoms. The number of thioether (sulfide) groups is 1. The first kappa shape index (κ1) is 26.0. The third kappa shape index (κ3) is 6.37. The molecule has 0 radical (unpaired) electrons. The lowest BCUT2D eigenvalue weighted by atomic mass is 10.2. The number of benzene rings is 3. The van der Waals surface area contributed by atoms with Crippen molar-refractivity contribution in [1.29, 1.82) is 0 Å². The number of halogens is 2. The highest BCUT2D eigenvalue weighted by atomic mass is 79.9. The van der Waals surface area contributed by atoms with E-state index in [1.807, 2.05) is 54.6 Å². The minimum absolute atomic E-state index is 0.163. The number of para-hydroxylation sites is 1. The molecule has 1 aliphatic rings. The van der Waals surface area contributed by atoms with E-state index >= 15 is 0 Å². The van der Waals surface area contributed by atoms with Crippen LogP contribution in [0.15, 0.2) is 85.6 Å². The smallest absolute Gasteiger partial charge is 0.341 e. The second kappa shape index (κ2) is 11.8. The van der Waals surface area contributed by atoms with Crippen LogP contribution in [0.1, 0.15) is 11.1 Å². The molecule has 1 aliphatic heterocycles. The lowest BCUT2D eigenvalue weighted by Crippen LogP contribution is -2.28. The Kier molecular flexibility index (Phi) is 8.50. The minimum Gasteiger partial charge on any atom is -0.497 e. The van der Waals surface area contributed by atoms with Crippen LogP contribution in [0.2, 0.25) is 0 Å². The average molecular weight is 632 g/mol. The van der Waals surface area contributed by atoms with Gasteiger partial charge in [-0.05, 0) is 97.2 Å². The van der Waals surface area contributed by atoms with E-state index < -0.39 is 12.6 Å². The summed E-state index contributed by atoms with van der Waals surface area (Å²) < 4.78 is 11.7. The summed E-state index contributed by atoms with van der Waals surface area (Å²) in [5.74, 6) is -0.122. The number of carbonyl (C=O) groups is 2. The minimum atomic E-state index is -1.07. The molecule has 0 aromatic heterocycles. The zero-order chi connectivity index (χ0) is 25.7. The van der Waals surface area contributed by atoms with Gasteiger partial charge in [0.05, 0.1) is 33.2 Å². The van der Waals surface area contributed by atoms with Gasteiger partial charge in [-0.25, -0.2) is 9.79 Å². The SMILES string of the molecule is COc1ccc(CN2C(=O)/C(=C\c3cc(Br)c(OCC(=O)O)c(Br)c3)SC2=Nc2ccccc2)cc1. The number of carboxylic acid groups (broad SMARTS) is 1. The molecule has 4 rings (SSSR count). The maximum absolute atomic E-state index is 13.5. The van der Waals surface area contributed by atoms with Crippen molar-refractivity contribution in [2.45, 2.75) is 6.54 Å². The third-order valence-corrected chi connectivity index (χ3v) is 7.21. The van der Waals surface area contributed by atoms with Crippen molar-refractivity contribution < 1.29 is 24.2 Å².